The molecule has 1 unspecified atom stereocenters. The lowest BCUT2D eigenvalue weighted by atomic mass is 10.3. The maximum absolute atomic E-state index is 8.24. The molecule has 0 aromatic rings. The maximum Gasteiger partial charge on any atom is 0.0908 e. The van der Waals surface area contributed by atoms with Crippen LogP contribution in [-0.4, -0.2) is 13.2 Å². The monoisotopic (exact) mass is 135 g/mol. The standard InChI is InChI=1S/C8H9NO/c9-3-1-2-6-7-4-10-5-8(6)7/h1-2,6-8H,4-5H2/t6?,7-,8+. The van der Waals surface area contributed by atoms with Crippen LogP contribution in [0.2, 0.25) is 0 Å². The van der Waals surface area contributed by atoms with Crippen LogP contribution in [0.15, 0.2) is 12.2 Å². The van der Waals surface area contributed by atoms with Crippen molar-refractivity contribution in [1.82, 2.24) is 0 Å². The number of rotatable bonds is 1. The molecular weight excluding hydrogens is 126 g/mol. The largest absolute Gasteiger partial charge is 0.381 e. The van der Waals surface area contributed by atoms with Crippen molar-refractivity contribution in [3.05, 3.63) is 12.2 Å². The smallest absolute Gasteiger partial charge is 0.0908 e. The predicted octanol–water partition coefficient (Wildman–Crippen LogP) is 0.959. The van der Waals surface area contributed by atoms with Crippen molar-refractivity contribution in [2.75, 3.05) is 13.2 Å². The highest BCUT2D eigenvalue weighted by molar-refractivity contribution is 5.15. The van der Waals surface area contributed by atoms with E-state index in [1.807, 2.05) is 12.1 Å². The van der Waals surface area contributed by atoms with Crippen LogP contribution < -0.4 is 0 Å². The molecule has 1 aliphatic heterocycles. The molecule has 1 saturated carbocycles. The van der Waals surface area contributed by atoms with E-state index in [4.69, 9.17) is 10.00 Å². The number of nitrogens with zero attached hydrogens (tertiary/aromatic N) is 1. The minimum Gasteiger partial charge on any atom is -0.381 e. The summed E-state index contributed by atoms with van der Waals surface area (Å²) in [5.41, 5.74) is 0. The van der Waals surface area contributed by atoms with Gasteiger partial charge >= 0.3 is 0 Å². The molecule has 0 radical (unpaired) electrons. The third-order valence-corrected chi connectivity index (χ3v) is 2.41. The van der Waals surface area contributed by atoms with Gasteiger partial charge in [-0.05, 0) is 17.8 Å². The van der Waals surface area contributed by atoms with E-state index in [1.165, 1.54) is 0 Å². The molecular formula is C8H9NO. The summed E-state index contributed by atoms with van der Waals surface area (Å²) in [6.07, 6.45) is 3.60. The zero-order valence-corrected chi connectivity index (χ0v) is 5.66. The van der Waals surface area contributed by atoms with E-state index < -0.39 is 0 Å². The summed E-state index contributed by atoms with van der Waals surface area (Å²) in [5.74, 6) is 2.14. The number of hydrogen-bond acceptors (Lipinski definition) is 2. The van der Waals surface area contributed by atoms with Gasteiger partial charge in [0.1, 0.15) is 0 Å². The molecule has 10 heavy (non-hydrogen) atoms. The fourth-order valence-electron chi connectivity index (χ4n) is 1.72. The van der Waals surface area contributed by atoms with Gasteiger partial charge in [-0.15, -0.1) is 0 Å². The summed E-state index contributed by atoms with van der Waals surface area (Å²) in [5, 5.41) is 8.24. The molecule has 2 heteroatoms. The van der Waals surface area contributed by atoms with Crippen molar-refractivity contribution in [1.29, 1.82) is 5.26 Å². The van der Waals surface area contributed by atoms with Crippen molar-refractivity contribution in [2.45, 2.75) is 0 Å². The molecule has 2 fully saturated rings. The summed E-state index contributed by atoms with van der Waals surface area (Å²) in [7, 11) is 0. The second kappa shape index (κ2) is 2.10. The molecule has 1 aliphatic carbocycles. The topological polar surface area (TPSA) is 33.0 Å². The molecule has 1 saturated heterocycles. The van der Waals surface area contributed by atoms with E-state index in [2.05, 4.69) is 0 Å². The fraction of sp³-hybridized carbons (Fsp3) is 0.625. The van der Waals surface area contributed by atoms with Crippen LogP contribution in [0.5, 0.6) is 0 Å². The minimum atomic E-state index is 0.661. The van der Waals surface area contributed by atoms with Crippen molar-refractivity contribution < 1.29 is 4.74 Å². The van der Waals surface area contributed by atoms with Crippen molar-refractivity contribution >= 4 is 0 Å². The average Bonchev–Trinajstić information content (AvgIpc) is 2.46. The van der Waals surface area contributed by atoms with Crippen LogP contribution in [-0.2, 0) is 4.74 Å². The van der Waals surface area contributed by atoms with Gasteiger partial charge in [-0.3, -0.25) is 0 Å². The number of hydrogen-bond donors (Lipinski definition) is 0. The van der Waals surface area contributed by atoms with Crippen molar-refractivity contribution in [3.63, 3.8) is 0 Å². The Hall–Kier alpha value is -0.810. The van der Waals surface area contributed by atoms with Crippen LogP contribution in [0, 0.1) is 29.1 Å². The SMILES string of the molecule is N#CC=CC1[C@H]2COC[C@@H]12. The first-order chi connectivity index (χ1) is 4.93. The Labute approximate surface area is 60.1 Å². The predicted molar refractivity (Wildman–Crippen MR) is 36.0 cm³/mol. The number of fused-ring (bicyclic) bond motifs is 1. The lowest BCUT2D eigenvalue weighted by Gasteiger charge is -1.95. The fourth-order valence-corrected chi connectivity index (χ4v) is 1.72. The van der Waals surface area contributed by atoms with Crippen LogP contribution >= 0.6 is 0 Å². The summed E-state index contributed by atoms with van der Waals surface area (Å²) < 4.78 is 5.20. The van der Waals surface area contributed by atoms with E-state index in [0.717, 1.165) is 25.0 Å². The Morgan fingerprint density at radius 2 is 2.10 bits per heavy atom. The highest BCUT2D eigenvalue weighted by Crippen LogP contribution is 2.51. The molecule has 0 spiro atoms. The first-order valence-corrected chi connectivity index (χ1v) is 3.57. The molecule has 2 nitrogen and oxygen atoms in total. The number of allylic oxidation sites excluding steroid dienone is 2. The van der Waals surface area contributed by atoms with Gasteiger partial charge in [-0.1, -0.05) is 6.08 Å². The number of ether oxygens (including phenoxy) is 1. The van der Waals surface area contributed by atoms with Gasteiger partial charge in [0.05, 0.1) is 19.3 Å². The van der Waals surface area contributed by atoms with Crippen LogP contribution in [0.4, 0.5) is 0 Å². The summed E-state index contributed by atoms with van der Waals surface area (Å²) >= 11 is 0. The van der Waals surface area contributed by atoms with Gasteiger partial charge < -0.3 is 4.74 Å². The van der Waals surface area contributed by atoms with Crippen LogP contribution in [0.3, 0.4) is 0 Å². The lowest BCUT2D eigenvalue weighted by Crippen LogP contribution is -1.94. The van der Waals surface area contributed by atoms with E-state index in [0.29, 0.717) is 5.92 Å². The Morgan fingerprint density at radius 3 is 2.70 bits per heavy atom. The van der Waals surface area contributed by atoms with E-state index in [1.54, 1.807) is 6.08 Å². The Balaban J connectivity index is 1.91. The summed E-state index contributed by atoms with van der Waals surface area (Å²) in [6, 6.07) is 2.01. The minimum absolute atomic E-state index is 0.661. The molecule has 2 rings (SSSR count). The maximum atomic E-state index is 8.24. The molecule has 2 aliphatic rings. The van der Waals surface area contributed by atoms with Gasteiger partial charge in [0.15, 0.2) is 0 Å². The summed E-state index contributed by atoms with van der Waals surface area (Å²) in [6.45, 7) is 1.82. The molecule has 52 valence electrons. The first kappa shape index (κ1) is 5.94. The second-order valence-corrected chi connectivity index (χ2v) is 2.93. The first-order valence-electron chi connectivity index (χ1n) is 3.57. The third-order valence-electron chi connectivity index (χ3n) is 2.41. The van der Waals surface area contributed by atoms with Gasteiger partial charge in [-0.2, -0.15) is 5.26 Å². The van der Waals surface area contributed by atoms with E-state index in [9.17, 15) is 0 Å². The summed E-state index contributed by atoms with van der Waals surface area (Å²) in [4.78, 5) is 0. The normalized spacial score (nSPS) is 43.3. The van der Waals surface area contributed by atoms with Crippen molar-refractivity contribution in [3.8, 4) is 6.07 Å². The number of nitriles is 1. The average molecular weight is 135 g/mol. The second-order valence-electron chi connectivity index (χ2n) is 2.93. The zero-order valence-electron chi connectivity index (χ0n) is 5.66. The van der Waals surface area contributed by atoms with Crippen LogP contribution in [0.1, 0.15) is 0 Å². The van der Waals surface area contributed by atoms with E-state index in [-0.39, 0.29) is 0 Å². The highest BCUT2D eigenvalue weighted by Gasteiger charge is 2.52. The van der Waals surface area contributed by atoms with Gasteiger partial charge in [-0.25, -0.2) is 0 Å². The lowest BCUT2D eigenvalue weighted by molar-refractivity contribution is 0.157. The molecule has 0 aromatic heterocycles. The molecule has 1 heterocycles. The molecule has 0 aromatic carbocycles. The van der Waals surface area contributed by atoms with Crippen molar-refractivity contribution in [2.24, 2.45) is 17.8 Å². The Bertz CT molecular complexity index is 194. The van der Waals surface area contributed by atoms with Gasteiger partial charge in [0, 0.05) is 6.08 Å². The van der Waals surface area contributed by atoms with Gasteiger partial charge in [0.2, 0.25) is 0 Å². The molecule has 0 N–H and O–H groups in total. The molecule has 3 atom stereocenters. The Kier molecular flexibility index (Phi) is 1.25. The zero-order chi connectivity index (χ0) is 6.97. The van der Waals surface area contributed by atoms with E-state index >= 15 is 0 Å². The Morgan fingerprint density at radius 1 is 1.40 bits per heavy atom. The van der Waals surface area contributed by atoms with Gasteiger partial charge in [0.25, 0.3) is 0 Å². The quantitative estimate of drug-likeness (QED) is 0.502. The van der Waals surface area contributed by atoms with Crippen LogP contribution in [0.25, 0.3) is 0 Å². The highest BCUT2D eigenvalue weighted by atomic mass is 16.5. The third kappa shape index (κ3) is 0.748. The molecule has 0 bridgehead atoms. The molecule has 0 amide bonds.